The summed E-state index contributed by atoms with van der Waals surface area (Å²) in [5.74, 6) is -2.46. The van der Waals surface area contributed by atoms with E-state index in [1.165, 1.54) is 20.2 Å². The highest BCUT2D eigenvalue weighted by Gasteiger charge is 2.26. The summed E-state index contributed by atoms with van der Waals surface area (Å²) in [6.45, 7) is 1.55. The van der Waals surface area contributed by atoms with Crippen LogP contribution in [0.3, 0.4) is 0 Å². The zero-order valence-electron chi connectivity index (χ0n) is 16.9. The Labute approximate surface area is 180 Å². The Hall–Kier alpha value is -3.25. The molecule has 2 heterocycles. The Morgan fingerprint density at radius 3 is 2.26 bits per heavy atom. The number of fused-ring (bicyclic) bond motifs is 1. The first kappa shape index (κ1) is 22.4. The standard InChI is InChI=1S/C19H19N3O7S2/c1-4-29-16(23)10-31(27,28)15-9-13-12(21(2)18(25)19(26)22(13)3)8-11(15)20-17(24)14-6-5-7-30-14/h5-9H,4,10H2,1-3H3,(H,20,24). The number of aromatic nitrogens is 2. The predicted molar refractivity (Wildman–Crippen MR) is 115 cm³/mol. The van der Waals surface area contributed by atoms with E-state index in [2.05, 4.69) is 5.32 Å². The van der Waals surface area contributed by atoms with Crippen molar-refractivity contribution in [2.75, 3.05) is 17.7 Å². The first-order valence-electron chi connectivity index (χ1n) is 9.03. The minimum atomic E-state index is -4.26. The van der Waals surface area contributed by atoms with Crippen molar-refractivity contribution in [3.8, 4) is 0 Å². The number of anilines is 1. The molecule has 0 spiro atoms. The number of hydrogen-bond donors (Lipinski definition) is 1. The van der Waals surface area contributed by atoms with E-state index in [1.54, 1.807) is 24.4 Å². The molecule has 0 unspecified atom stereocenters. The zero-order chi connectivity index (χ0) is 22.9. The normalized spacial score (nSPS) is 11.5. The van der Waals surface area contributed by atoms with Crippen LogP contribution in [-0.4, -0.2) is 41.8 Å². The molecule has 164 valence electrons. The van der Waals surface area contributed by atoms with Gasteiger partial charge in [0.2, 0.25) is 0 Å². The first-order chi connectivity index (χ1) is 14.6. The summed E-state index contributed by atoms with van der Waals surface area (Å²) in [6, 6.07) is 5.68. The zero-order valence-corrected chi connectivity index (χ0v) is 18.5. The van der Waals surface area contributed by atoms with E-state index < -0.39 is 38.6 Å². The van der Waals surface area contributed by atoms with Gasteiger partial charge in [0, 0.05) is 14.1 Å². The number of ether oxygens (including phenoxy) is 1. The highest BCUT2D eigenvalue weighted by Crippen LogP contribution is 2.28. The van der Waals surface area contributed by atoms with Gasteiger partial charge in [0.15, 0.2) is 15.6 Å². The Morgan fingerprint density at radius 2 is 1.71 bits per heavy atom. The molecule has 1 N–H and O–H groups in total. The van der Waals surface area contributed by atoms with Gasteiger partial charge in [-0.2, -0.15) is 0 Å². The van der Waals surface area contributed by atoms with Gasteiger partial charge in [-0.3, -0.25) is 19.2 Å². The molecule has 0 aliphatic carbocycles. The van der Waals surface area contributed by atoms with E-state index in [1.807, 2.05) is 0 Å². The fourth-order valence-corrected chi connectivity index (χ4v) is 4.89. The summed E-state index contributed by atoms with van der Waals surface area (Å²) in [5.41, 5.74) is -1.41. The van der Waals surface area contributed by atoms with Crippen LogP contribution in [-0.2, 0) is 33.5 Å². The van der Waals surface area contributed by atoms with E-state index >= 15 is 0 Å². The Morgan fingerprint density at radius 1 is 1.10 bits per heavy atom. The molecule has 3 aromatic rings. The molecule has 0 aliphatic heterocycles. The van der Waals surface area contributed by atoms with Crippen molar-refractivity contribution in [3.63, 3.8) is 0 Å². The third-order valence-electron chi connectivity index (χ3n) is 4.53. The molecular weight excluding hydrogens is 446 g/mol. The van der Waals surface area contributed by atoms with Gasteiger partial charge in [-0.25, -0.2) is 8.42 Å². The van der Waals surface area contributed by atoms with E-state index in [0.717, 1.165) is 26.5 Å². The minimum absolute atomic E-state index is 0.00462. The molecule has 0 aliphatic rings. The summed E-state index contributed by atoms with van der Waals surface area (Å²) in [4.78, 5) is 48.8. The van der Waals surface area contributed by atoms with Crippen LogP contribution in [0.1, 0.15) is 16.6 Å². The van der Waals surface area contributed by atoms with Gasteiger partial charge in [0.05, 0.1) is 33.1 Å². The van der Waals surface area contributed by atoms with Crippen LogP contribution in [0.2, 0.25) is 0 Å². The van der Waals surface area contributed by atoms with Gasteiger partial charge in [-0.15, -0.1) is 11.3 Å². The molecule has 0 bridgehead atoms. The molecule has 31 heavy (non-hydrogen) atoms. The van der Waals surface area contributed by atoms with Gasteiger partial charge in [-0.05, 0) is 30.5 Å². The molecule has 0 saturated carbocycles. The van der Waals surface area contributed by atoms with Gasteiger partial charge < -0.3 is 19.2 Å². The fraction of sp³-hybridized carbons (Fsp3) is 0.263. The average molecular weight is 466 g/mol. The number of rotatable bonds is 6. The van der Waals surface area contributed by atoms with Crippen molar-refractivity contribution < 1.29 is 22.7 Å². The summed E-state index contributed by atoms with van der Waals surface area (Å²) in [6.07, 6.45) is 0. The smallest absolute Gasteiger partial charge is 0.321 e. The lowest BCUT2D eigenvalue weighted by atomic mass is 10.2. The number of carbonyl (C=O) groups excluding carboxylic acids is 2. The molecule has 0 radical (unpaired) electrons. The highest BCUT2D eigenvalue weighted by molar-refractivity contribution is 7.92. The number of benzene rings is 1. The third-order valence-corrected chi connectivity index (χ3v) is 7.03. The van der Waals surface area contributed by atoms with Crippen LogP contribution in [0.15, 0.2) is 44.1 Å². The lowest BCUT2D eigenvalue weighted by Gasteiger charge is -2.16. The first-order valence-corrected chi connectivity index (χ1v) is 11.6. The maximum absolute atomic E-state index is 13.0. The van der Waals surface area contributed by atoms with E-state index in [-0.39, 0.29) is 28.2 Å². The highest BCUT2D eigenvalue weighted by atomic mass is 32.2. The molecule has 3 rings (SSSR count). The number of esters is 1. The number of carbonyl (C=O) groups is 2. The summed E-state index contributed by atoms with van der Waals surface area (Å²) in [5, 5.41) is 4.22. The lowest BCUT2D eigenvalue weighted by Crippen LogP contribution is -2.39. The SMILES string of the molecule is CCOC(=O)CS(=O)(=O)c1cc2c(cc1NC(=O)c1cccs1)n(C)c(=O)c(=O)n2C. The minimum Gasteiger partial charge on any atom is -0.465 e. The quantitative estimate of drug-likeness (QED) is 0.422. The second-order valence-electron chi connectivity index (χ2n) is 6.56. The molecular formula is C19H19N3O7S2. The largest absolute Gasteiger partial charge is 0.465 e. The molecule has 0 saturated heterocycles. The average Bonchev–Trinajstić information content (AvgIpc) is 3.25. The number of thiophene rings is 1. The molecule has 1 amide bonds. The van der Waals surface area contributed by atoms with E-state index in [4.69, 9.17) is 4.74 Å². The van der Waals surface area contributed by atoms with Crippen molar-refractivity contribution in [1.82, 2.24) is 9.13 Å². The predicted octanol–water partition coefficient (Wildman–Crippen LogP) is 0.888. The number of aryl methyl sites for hydroxylation is 2. The van der Waals surface area contributed by atoms with Crippen LogP contribution in [0.5, 0.6) is 0 Å². The number of hydrogen-bond acceptors (Lipinski definition) is 8. The fourth-order valence-electron chi connectivity index (χ4n) is 2.98. The number of amides is 1. The van der Waals surface area contributed by atoms with Gasteiger partial charge in [0.25, 0.3) is 5.91 Å². The second kappa shape index (κ2) is 8.47. The Balaban J connectivity index is 2.26. The Kier molecular flexibility index (Phi) is 6.13. The number of sulfone groups is 1. The number of nitrogens with zero attached hydrogens (tertiary/aromatic N) is 2. The molecule has 1 aromatic carbocycles. The van der Waals surface area contributed by atoms with Gasteiger partial charge in [-0.1, -0.05) is 6.07 Å². The summed E-state index contributed by atoms with van der Waals surface area (Å²) in [7, 11) is -1.56. The molecule has 0 fully saturated rings. The molecule has 0 atom stereocenters. The van der Waals surface area contributed by atoms with E-state index in [9.17, 15) is 27.6 Å². The summed E-state index contributed by atoms with van der Waals surface area (Å²) < 4.78 is 32.8. The van der Waals surface area contributed by atoms with Crippen molar-refractivity contribution in [2.45, 2.75) is 11.8 Å². The van der Waals surface area contributed by atoms with Crippen LogP contribution in [0, 0.1) is 0 Å². The van der Waals surface area contributed by atoms with Crippen molar-refractivity contribution in [2.24, 2.45) is 14.1 Å². The van der Waals surface area contributed by atoms with Crippen LogP contribution in [0.4, 0.5) is 5.69 Å². The topological polar surface area (TPSA) is 134 Å². The maximum atomic E-state index is 13.0. The number of nitrogens with one attached hydrogen (secondary N) is 1. The molecule has 10 nitrogen and oxygen atoms in total. The Bertz CT molecular complexity index is 1400. The summed E-state index contributed by atoms with van der Waals surface area (Å²) >= 11 is 1.16. The van der Waals surface area contributed by atoms with Crippen molar-refractivity contribution >= 4 is 49.8 Å². The van der Waals surface area contributed by atoms with Gasteiger partial charge in [0.1, 0.15) is 0 Å². The maximum Gasteiger partial charge on any atom is 0.321 e. The van der Waals surface area contributed by atoms with Crippen molar-refractivity contribution in [3.05, 3.63) is 55.2 Å². The van der Waals surface area contributed by atoms with E-state index in [0.29, 0.717) is 4.88 Å². The van der Waals surface area contributed by atoms with Gasteiger partial charge >= 0.3 is 17.1 Å². The van der Waals surface area contributed by atoms with Crippen molar-refractivity contribution in [1.29, 1.82) is 0 Å². The lowest BCUT2D eigenvalue weighted by molar-refractivity contribution is -0.139. The van der Waals surface area contributed by atoms with Crippen LogP contribution < -0.4 is 16.4 Å². The second-order valence-corrected chi connectivity index (χ2v) is 9.47. The van der Waals surface area contributed by atoms with Crippen LogP contribution >= 0.6 is 11.3 Å². The van der Waals surface area contributed by atoms with Crippen LogP contribution in [0.25, 0.3) is 11.0 Å². The molecule has 2 aromatic heterocycles. The molecule has 12 heteroatoms. The monoisotopic (exact) mass is 465 g/mol. The third kappa shape index (κ3) is 4.30.